The standard InChI is InChI=1S/C18H22N2O3S/c1-18(2,3)17-20-14(11-24-17)15(21)19-10-13(16(22)23)9-12-7-5-4-6-8-12/h4-8,11,13H,9-10H2,1-3H3,(H,19,21)(H,22,23). The van der Waals surface area contributed by atoms with E-state index in [4.69, 9.17) is 0 Å². The molecule has 2 N–H and O–H groups in total. The van der Waals surface area contributed by atoms with Crippen LogP contribution in [0.4, 0.5) is 0 Å². The fourth-order valence-electron chi connectivity index (χ4n) is 2.17. The maximum atomic E-state index is 12.2. The Morgan fingerprint density at radius 2 is 1.92 bits per heavy atom. The molecule has 0 spiro atoms. The Bertz CT molecular complexity index is 705. The summed E-state index contributed by atoms with van der Waals surface area (Å²) in [7, 11) is 0. The Hall–Kier alpha value is -2.21. The molecule has 24 heavy (non-hydrogen) atoms. The zero-order valence-electron chi connectivity index (χ0n) is 14.1. The third kappa shape index (κ3) is 4.89. The molecule has 2 aromatic rings. The number of nitrogens with zero attached hydrogens (tertiary/aromatic N) is 1. The number of carboxylic acids is 1. The minimum atomic E-state index is -0.923. The lowest BCUT2D eigenvalue weighted by Gasteiger charge is -2.14. The number of carbonyl (C=O) groups is 2. The van der Waals surface area contributed by atoms with E-state index in [1.165, 1.54) is 11.3 Å². The lowest BCUT2D eigenvalue weighted by molar-refractivity contribution is -0.141. The Balaban J connectivity index is 1.97. The van der Waals surface area contributed by atoms with Crippen LogP contribution in [0.15, 0.2) is 35.7 Å². The molecular weight excluding hydrogens is 324 g/mol. The number of carbonyl (C=O) groups excluding carboxylic acids is 1. The van der Waals surface area contributed by atoms with Gasteiger partial charge >= 0.3 is 5.97 Å². The number of hydrogen-bond acceptors (Lipinski definition) is 4. The lowest BCUT2D eigenvalue weighted by Crippen LogP contribution is -2.34. The molecule has 1 unspecified atom stereocenters. The van der Waals surface area contributed by atoms with Crippen molar-refractivity contribution >= 4 is 23.2 Å². The molecule has 2 rings (SSSR count). The lowest BCUT2D eigenvalue weighted by atomic mass is 9.98. The monoisotopic (exact) mass is 346 g/mol. The molecule has 0 aliphatic heterocycles. The molecule has 0 aliphatic carbocycles. The number of rotatable bonds is 6. The average molecular weight is 346 g/mol. The molecule has 1 aromatic heterocycles. The van der Waals surface area contributed by atoms with Gasteiger partial charge in [-0.05, 0) is 12.0 Å². The number of carboxylic acid groups (broad SMARTS) is 1. The van der Waals surface area contributed by atoms with Crippen molar-refractivity contribution in [2.75, 3.05) is 6.54 Å². The van der Waals surface area contributed by atoms with Crippen LogP contribution in [0.1, 0.15) is 41.8 Å². The fourth-order valence-corrected chi connectivity index (χ4v) is 3.06. The van der Waals surface area contributed by atoms with Gasteiger partial charge < -0.3 is 10.4 Å². The van der Waals surface area contributed by atoms with Crippen molar-refractivity contribution in [3.63, 3.8) is 0 Å². The second kappa shape index (κ2) is 7.57. The van der Waals surface area contributed by atoms with E-state index in [0.717, 1.165) is 10.6 Å². The second-order valence-corrected chi connectivity index (χ2v) is 7.58. The predicted molar refractivity (Wildman–Crippen MR) is 94.4 cm³/mol. The average Bonchev–Trinajstić information content (AvgIpc) is 3.02. The summed E-state index contributed by atoms with van der Waals surface area (Å²) in [5.41, 5.74) is 1.16. The first kappa shape index (κ1) is 18.1. The molecule has 1 heterocycles. The normalized spacial score (nSPS) is 12.6. The molecule has 1 aromatic carbocycles. The highest BCUT2D eigenvalue weighted by Crippen LogP contribution is 2.25. The smallest absolute Gasteiger partial charge is 0.308 e. The molecule has 5 nitrogen and oxygen atoms in total. The van der Waals surface area contributed by atoms with E-state index in [0.29, 0.717) is 12.1 Å². The summed E-state index contributed by atoms with van der Waals surface area (Å²) in [4.78, 5) is 28.0. The molecule has 0 bridgehead atoms. The van der Waals surface area contributed by atoms with Crippen LogP contribution in [0.5, 0.6) is 0 Å². The molecule has 0 fully saturated rings. The number of aromatic nitrogens is 1. The van der Waals surface area contributed by atoms with E-state index in [-0.39, 0.29) is 17.9 Å². The second-order valence-electron chi connectivity index (χ2n) is 6.72. The van der Waals surface area contributed by atoms with Gasteiger partial charge in [0.05, 0.1) is 10.9 Å². The van der Waals surface area contributed by atoms with Gasteiger partial charge in [-0.1, -0.05) is 51.1 Å². The minimum absolute atomic E-state index is 0.0748. The van der Waals surface area contributed by atoms with Crippen molar-refractivity contribution in [3.05, 3.63) is 52.0 Å². The Labute approximate surface area is 145 Å². The minimum Gasteiger partial charge on any atom is -0.481 e. The van der Waals surface area contributed by atoms with Gasteiger partial charge in [0.15, 0.2) is 0 Å². The van der Waals surface area contributed by atoms with Crippen LogP contribution in [0.25, 0.3) is 0 Å². The summed E-state index contributed by atoms with van der Waals surface area (Å²) in [5, 5.41) is 14.6. The van der Waals surface area contributed by atoms with Crippen LogP contribution in [-0.4, -0.2) is 28.5 Å². The predicted octanol–water partition coefficient (Wildman–Crippen LogP) is 3.11. The molecule has 0 saturated heterocycles. The van der Waals surface area contributed by atoms with Gasteiger partial charge in [0.25, 0.3) is 5.91 Å². The number of hydrogen-bond donors (Lipinski definition) is 2. The Morgan fingerprint density at radius 1 is 1.25 bits per heavy atom. The zero-order chi connectivity index (χ0) is 17.7. The molecule has 0 radical (unpaired) electrons. The van der Waals surface area contributed by atoms with Crippen molar-refractivity contribution in [1.29, 1.82) is 0 Å². The van der Waals surface area contributed by atoms with Gasteiger partial charge in [-0.2, -0.15) is 0 Å². The summed E-state index contributed by atoms with van der Waals surface area (Å²) < 4.78 is 0. The summed E-state index contributed by atoms with van der Waals surface area (Å²) in [6, 6.07) is 9.39. The van der Waals surface area contributed by atoms with Gasteiger partial charge in [0.2, 0.25) is 0 Å². The topological polar surface area (TPSA) is 79.3 Å². The van der Waals surface area contributed by atoms with E-state index in [1.807, 2.05) is 51.1 Å². The van der Waals surface area contributed by atoms with Crippen LogP contribution >= 0.6 is 11.3 Å². The summed E-state index contributed by atoms with van der Waals surface area (Å²) in [5.74, 6) is -1.93. The fraction of sp³-hybridized carbons (Fsp3) is 0.389. The van der Waals surface area contributed by atoms with E-state index in [1.54, 1.807) is 5.38 Å². The van der Waals surface area contributed by atoms with Crippen LogP contribution in [-0.2, 0) is 16.6 Å². The highest BCUT2D eigenvalue weighted by atomic mass is 32.1. The molecule has 128 valence electrons. The number of nitrogens with one attached hydrogen (secondary N) is 1. The van der Waals surface area contributed by atoms with Crippen LogP contribution in [0, 0.1) is 5.92 Å². The van der Waals surface area contributed by atoms with E-state index < -0.39 is 11.9 Å². The first-order valence-electron chi connectivity index (χ1n) is 7.78. The third-order valence-corrected chi connectivity index (χ3v) is 4.83. The zero-order valence-corrected chi connectivity index (χ0v) is 14.9. The van der Waals surface area contributed by atoms with Crippen molar-refractivity contribution in [2.24, 2.45) is 5.92 Å². The molecule has 1 amide bonds. The molecule has 0 aliphatic rings. The van der Waals surface area contributed by atoms with E-state index in [9.17, 15) is 14.7 Å². The van der Waals surface area contributed by atoms with Crippen LogP contribution in [0.2, 0.25) is 0 Å². The first-order valence-corrected chi connectivity index (χ1v) is 8.66. The Kier molecular flexibility index (Phi) is 5.72. The van der Waals surface area contributed by atoms with Crippen molar-refractivity contribution in [3.8, 4) is 0 Å². The molecule has 0 saturated carbocycles. The number of benzene rings is 1. The summed E-state index contributed by atoms with van der Waals surface area (Å²) in [6.07, 6.45) is 0.376. The highest BCUT2D eigenvalue weighted by molar-refractivity contribution is 7.10. The van der Waals surface area contributed by atoms with E-state index in [2.05, 4.69) is 10.3 Å². The van der Waals surface area contributed by atoms with Crippen molar-refractivity contribution in [1.82, 2.24) is 10.3 Å². The number of amides is 1. The molecular formula is C18H22N2O3S. The quantitative estimate of drug-likeness (QED) is 0.842. The Morgan fingerprint density at radius 3 is 2.46 bits per heavy atom. The third-order valence-electron chi connectivity index (χ3n) is 3.56. The number of thiazole rings is 1. The molecule has 1 atom stereocenters. The number of aliphatic carboxylic acids is 1. The first-order chi connectivity index (χ1) is 11.3. The van der Waals surface area contributed by atoms with Gasteiger partial charge in [-0.15, -0.1) is 11.3 Å². The van der Waals surface area contributed by atoms with Crippen LogP contribution < -0.4 is 5.32 Å². The highest BCUT2D eigenvalue weighted by Gasteiger charge is 2.22. The van der Waals surface area contributed by atoms with Crippen molar-refractivity contribution < 1.29 is 14.7 Å². The summed E-state index contributed by atoms with van der Waals surface area (Å²) in [6.45, 7) is 6.18. The van der Waals surface area contributed by atoms with Gasteiger partial charge in [-0.3, -0.25) is 9.59 Å². The van der Waals surface area contributed by atoms with Gasteiger partial charge in [-0.25, -0.2) is 4.98 Å². The van der Waals surface area contributed by atoms with Gasteiger partial charge in [0.1, 0.15) is 5.69 Å². The SMILES string of the molecule is CC(C)(C)c1nc(C(=O)NCC(Cc2ccccc2)C(=O)O)cs1. The maximum absolute atomic E-state index is 12.2. The van der Waals surface area contributed by atoms with Crippen molar-refractivity contribution in [2.45, 2.75) is 32.6 Å². The van der Waals surface area contributed by atoms with Gasteiger partial charge in [0, 0.05) is 17.3 Å². The molecule has 6 heteroatoms. The van der Waals surface area contributed by atoms with Crippen LogP contribution in [0.3, 0.4) is 0 Å². The van der Waals surface area contributed by atoms with E-state index >= 15 is 0 Å². The maximum Gasteiger partial charge on any atom is 0.308 e. The summed E-state index contributed by atoms with van der Waals surface area (Å²) >= 11 is 1.44. The largest absolute Gasteiger partial charge is 0.481 e.